The number of hydrogen-bond donors (Lipinski definition) is 1. The van der Waals surface area contributed by atoms with Crippen LogP contribution >= 0.6 is 0 Å². The third kappa shape index (κ3) is 1.44. The Kier molecular flexibility index (Phi) is 2.45. The third-order valence-electron chi connectivity index (χ3n) is 5.74. The van der Waals surface area contributed by atoms with E-state index in [1.165, 1.54) is 28.9 Å². The first-order chi connectivity index (χ1) is 9.58. The molecule has 2 fully saturated rings. The number of carbonyl (C=O) groups is 1. The summed E-state index contributed by atoms with van der Waals surface area (Å²) in [6.07, 6.45) is 3.35. The number of ketones is 1. The van der Waals surface area contributed by atoms with Crippen LogP contribution in [0.1, 0.15) is 30.4 Å². The van der Waals surface area contributed by atoms with E-state index in [-0.39, 0.29) is 11.8 Å². The van der Waals surface area contributed by atoms with Crippen molar-refractivity contribution in [1.29, 1.82) is 0 Å². The lowest BCUT2D eigenvalue weighted by Crippen LogP contribution is -2.50. The van der Waals surface area contributed by atoms with E-state index in [9.17, 15) is 4.79 Å². The molecule has 106 valence electrons. The van der Waals surface area contributed by atoms with Crippen LogP contribution in [-0.4, -0.2) is 24.9 Å². The molecule has 0 spiro atoms. The quantitative estimate of drug-likeness (QED) is 0.786. The molecule has 0 amide bonds. The highest BCUT2D eigenvalue weighted by molar-refractivity contribution is 5.92. The van der Waals surface area contributed by atoms with Gasteiger partial charge < -0.3 is 10.2 Å². The van der Waals surface area contributed by atoms with Crippen LogP contribution in [0.2, 0.25) is 0 Å². The van der Waals surface area contributed by atoms with Crippen molar-refractivity contribution in [3.63, 3.8) is 0 Å². The van der Waals surface area contributed by atoms with Gasteiger partial charge in [0.1, 0.15) is 5.78 Å². The van der Waals surface area contributed by atoms with Crippen molar-refractivity contribution >= 4 is 17.2 Å². The number of rotatable bonds is 0. The maximum absolute atomic E-state index is 12.5. The average Bonchev–Trinajstić information content (AvgIpc) is 2.59. The molecule has 3 aliphatic rings. The van der Waals surface area contributed by atoms with Gasteiger partial charge in [0.15, 0.2) is 0 Å². The summed E-state index contributed by atoms with van der Waals surface area (Å²) in [6, 6.07) is 5.17. The van der Waals surface area contributed by atoms with Crippen LogP contribution in [0.25, 0.3) is 0 Å². The van der Waals surface area contributed by atoms with E-state index in [0.717, 1.165) is 12.8 Å². The van der Waals surface area contributed by atoms with Crippen molar-refractivity contribution in [1.82, 2.24) is 0 Å². The maximum Gasteiger partial charge on any atom is 0.143 e. The fourth-order valence-electron chi connectivity index (χ4n) is 4.55. The Hall–Kier alpha value is -1.51. The molecule has 0 saturated heterocycles. The Morgan fingerprint density at radius 1 is 1.15 bits per heavy atom. The van der Waals surface area contributed by atoms with Gasteiger partial charge in [-0.1, -0.05) is 6.42 Å². The summed E-state index contributed by atoms with van der Waals surface area (Å²) in [6.45, 7) is 4.31. The number of anilines is 2. The first kappa shape index (κ1) is 12.2. The number of nitrogens with zero attached hydrogens (tertiary/aromatic N) is 1. The summed E-state index contributed by atoms with van der Waals surface area (Å²) in [5.74, 6) is 0.980. The van der Waals surface area contributed by atoms with E-state index in [0.29, 0.717) is 17.9 Å². The largest absolute Gasteiger partial charge is 0.378 e. The van der Waals surface area contributed by atoms with Crippen molar-refractivity contribution in [2.45, 2.75) is 45.2 Å². The van der Waals surface area contributed by atoms with Gasteiger partial charge in [-0.25, -0.2) is 0 Å². The van der Waals surface area contributed by atoms with Gasteiger partial charge in [0.25, 0.3) is 0 Å². The normalized spacial score (nSPS) is 34.5. The molecule has 0 unspecified atom stereocenters. The summed E-state index contributed by atoms with van der Waals surface area (Å²) in [7, 11) is 2.17. The molecule has 4 rings (SSSR count). The topological polar surface area (TPSA) is 32.3 Å². The molecule has 2 aliphatic carbocycles. The Bertz CT molecular complexity index is 595. The Morgan fingerprint density at radius 2 is 1.85 bits per heavy atom. The van der Waals surface area contributed by atoms with Crippen molar-refractivity contribution in [2.24, 2.45) is 11.8 Å². The first-order valence-corrected chi connectivity index (χ1v) is 7.72. The molecule has 3 heteroatoms. The highest BCUT2D eigenvalue weighted by atomic mass is 16.1. The second-order valence-electron chi connectivity index (χ2n) is 6.77. The molecular weight excluding hydrogens is 248 g/mol. The summed E-state index contributed by atoms with van der Waals surface area (Å²) >= 11 is 0. The van der Waals surface area contributed by atoms with Gasteiger partial charge in [-0.2, -0.15) is 0 Å². The monoisotopic (exact) mass is 270 g/mol. The summed E-state index contributed by atoms with van der Waals surface area (Å²) in [5, 5.41) is 3.70. The summed E-state index contributed by atoms with van der Waals surface area (Å²) < 4.78 is 0. The summed E-state index contributed by atoms with van der Waals surface area (Å²) in [5.41, 5.74) is 5.10. The van der Waals surface area contributed by atoms with Crippen LogP contribution in [0.15, 0.2) is 12.1 Å². The highest BCUT2D eigenvalue weighted by Gasteiger charge is 2.55. The Labute approximate surface area is 120 Å². The van der Waals surface area contributed by atoms with Gasteiger partial charge in [-0.15, -0.1) is 0 Å². The second-order valence-corrected chi connectivity index (χ2v) is 6.77. The molecule has 4 atom stereocenters. The number of nitrogens with one attached hydrogen (secondary N) is 1. The van der Waals surface area contributed by atoms with Crippen LogP contribution in [0.5, 0.6) is 0 Å². The first-order valence-electron chi connectivity index (χ1n) is 7.72. The van der Waals surface area contributed by atoms with Gasteiger partial charge in [-0.05, 0) is 49.9 Å². The van der Waals surface area contributed by atoms with E-state index in [1.54, 1.807) is 0 Å². The standard InChI is InChI=1S/C17H22N2O/c1-9-7-13-14(8-10(9)2)19(3)16-12-6-4-5-11(17(12)20)15(16)18-13/h7-8,11-12,15-16,18H,4-6H2,1-3H3/t11-,12+,15-,16+/m0/s1. The minimum absolute atomic E-state index is 0.232. The van der Waals surface area contributed by atoms with Crippen LogP contribution in [0, 0.1) is 25.7 Å². The lowest BCUT2D eigenvalue weighted by atomic mass is 9.87. The smallest absolute Gasteiger partial charge is 0.143 e. The van der Waals surface area contributed by atoms with Crippen molar-refractivity contribution in [3.8, 4) is 0 Å². The molecule has 20 heavy (non-hydrogen) atoms. The van der Waals surface area contributed by atoms with Crippen LogP contribution in [0.3, 0.4) is 0 Å². The predicted molar refractivity (Wildman–Crippen MR) is 81.4 cm³/mol. The van der Waals surface area contributed by atoms with E-state index < -0.39 is 0 Å². The van der Waals surface area contributed by atoms with Crippen LogP contribution in [0.4, 0.5) is 11.4 Å². The Balaban J connectivity index is 1.82. The second kappa shape index (κ2) is 4.00. The van der Waals surface area contributed by atoms with E-state index in [4.69, 9.17) is 0 Å². The Morgan fingerprint density at radius 3 is 2.65 bits per heavy atom. The lowest BCUT2D eigenvalue weighted by Gasteiger charge is -2.41. The molecule has 2 saturated carbocycles. The minimum Gasteiger partial charge on any atom is -0.378 e. The minimum atomic E-state index is 0.232. The number of Topliss-reactive ketones (excluding diaryl/α,β-unsaturated/α-hetero) is 1. The number of benzene rings is 1. The molecular formula is C17H22N2O. The van der Waals surface area contributed by atoms with E-state index >= 15 is 0 Å². The number of hydrogen-bond acceptors (Lipinski definition) is 3. The van der Waals surface area contributed by atoms with Gasteiger partial charge in [-0.3, -0.25) is 4.79 Å². The SMILES string of the molecule is Cc1cc2c(cc1C)N(C)[C@H]1[C@@H](N2)[C@@H]2CCC[C@H]1C2=O. The van der Waals surface area contributed by atoms with Crippen molar-refractivity contribution in [2.75, 3.05) is 17.3 Å². The molecule has 2 bridgehead atoms. The molecule has 0 radical (unpaired) electrons. The van der Waals surface area contributed by atoms with Gasteiger partial charge >= 0.3 is 0 Å². The van der Waals surface area contributed by atoms with E-state index in [2.05, 4.69) is 43.2 Å². The molecule has 1 aliphatic heterocycles. The van der Waals surface area contributed by atoms with Crippen LogP contribution < -0.4 is 10.2 Å². The number of carbonyl (C=O) groups excluding carboxylic acids is 1. The molecule has 3 nitrogen and oxygen atoms in total. The fourth-order valence-corrected chi connectivity index (χ4v) is 4.55. The lowest BCUT2D eigenvalue weighted by molar-refractivity contribution is -0.125. The predicted octanol–water partition coefficient (Wildman–Crippen LogP) is 2.90. The number of aryl methyl sites for hydroxylation is 2. The average molecular weight is 270 g/mol. The summed E-state index contributed by atoms with van der Waals surface area (Å²) in [4.78, 5) is 14.9. The number of fused-ring (bicyclic) bond motifs is 6. The zero-order valence-electron chi connectivity index (χ0n) is 12.4. The van der Waals surface area contributed by atoms with Crippen LogP contribution in [-0.2, 0) is 4.79 Å². The van der Waals surface area contributed by atoms with Gasteiger partial charge in [0, 0.05) is 18.9 Å². The molecule has 0 aromatic heterocycles. The molecule has 1 heterocycles. The molecule has 1 aromatic carbocycles. The van der Waals surface area contributed by atoms with Crippen molar-refractivity contribution < 1.29 is 4.79 Å². The third-order valence-corrected chi connectivity index (χ3v) is 5.74. The zero-order valence-corrected chi connectivity index (χ0v) is 12.4. The van der Waals surface area contributed by atoms with E-state index in [1.807, 2.05) is 0 Å². The maximum atomic E-state index is 12.5. The van der Waals surface area contributed by atoms with Gasteiger partial charge in [0.05, 0.1) is 23.5 Å². The zero-order chi connectivity index (χ0) is 14.0. The van der Waals surface area contributed by atoms with Gasteiger partial charge in [0.2, 0.25) is 0 Å². The molecule has 1 aromatic rings. The fraction of sp³-hybridized carbons (Fsp3) is 0.588. The number of likely N-dealkylation sites (N-methyl/N-ethyl adjacent to an activating group) is 1. The van der Waals surface area contributed by atoms with Crippen molar-refractivity contribution in [3.05, 3.63) is 23.3 Å². The molecule has 1 N–H and O–H groups in total. The highest BCUT2D eigenvalue weighted by Crippen LogP contribution is 2.48.